The Hall–Kier alpha value is -2.35. The molecule has 1 fully saturated rings. The van der Waals surface area contributed by atoms with Crippen molar-refractivity contribution in [2.45, 2.75) is 0 Å². The molecule has 2 heterocycles. The Labute approximate surface area is 119 Å². The van der Waals surface area contributed by atoms with Crippen molar-refractivity contribution in [3.63, 3.8) is 0 Å². The molecule has 3 rings (SSSR count). The molecule has 0 spiro atoms. The van der Waals surface area contributed by atoms with Crippen LogP contribution in [0.1, 0.15) is 0 Å². The number of nitrogens with zero attached hydrogens (tertiary/aromatic N) is 4. The molecule has 1 aromatic heterocycles. The highest BCUT2D eigenvalue weighted by Crippen LogP contribution is 2.18. The minimum atomic E-state index is -0.933. The van der Waals surface area contributed by atoms with Crippen molar-refractivity contribution in [1.29, 1.82) is 0 Å². The average molecular weight is 293 g/mol. The molecule has 2 aromatic rings. The van der Waals surface area contributed by atoms with E-state index in [1.807, 2.05) is 4.90 Å². The van der Waals surface area contributed by atoms with Crippen LogP contribution in [-0.4, -0.2) is 41.5 Å². The third kappa shape index (κ3) is 3.22. The molecule has 6 nitrogen and oxygen atoms in total. The average Bonchev–Trinajstić information content (AvgIpc) is 2.52. The zero-order chi connectivity index (χ0) is 14.7. The molecule has 8 heteroatoms. The van der Waals surface area contributed by atoms with Crippen molar-refractivity contribution in [3.05, 3.63) is 36.0 Å². The van der Waals surface area contributed by atoms with E-state index in [1.54, 1.807) is 6.20 Å². The van der Waals surface area contributed by atoms with Gasteiger partial charge in [-0.25, -0.2) is 8.78 Å². The molecule has 0 unspecified atom stereocenters. The van der Waals surface area contributed by atoms with E-state index in [-0.39, 0.29) is 5.95 Å². The predicted molar refractivity (Wildman–Crippen MR) is 72.5 cm³/mol. The van der Waals surface area contributed by atoms with Crippen LogP contribution in [0.2, 0.25) is 0 Å². The predicted octanol–water partition coefficient (Wildman–Crippen LogP) is 1.73. The highest BCUT2D eigenvalue weighted by Gasteiger charge is 2.14. The number of benzene rings is 1. The number of aromatic nitrogens is 3. The van der Waals surface area contributed by atoms with Crippen molar-refractivity contribution in [1.82, 2.24) is 15.2 Å². The van der Waals surface area contributed by atoms with E-state index in [2.05, 4.69) is 20.5 Å². The molecule has 0 bridgehead atoms. The van der Waals surface area contributed by atoms with Crippen LogP contribution in [0.4, 0.5) is 26.2 Å². The molecule has 21 heavy (non-hydrogen) atoms. The second-order valence-electron chi connectivity index (χ2n) is 4.49. The van der Waals surface area contributed by atoms with Crippen LogP contribution in [0.15, 0.2) is 24.4 Å². The van der Waals surface area contributed by atoms with E-state index in [0.29, 0.717) is 24.7 Å². The van der Waals surface area contributed by atoms with E-state index in [4.69, 9.17) is 4.74 Å². The second-order valence-corrected chi connectivity index (χ2v) is 4.49. The second kappa shape index (κ2) is 5.96. The maximum atomic E-state index is 13.2. The van der Waals surface area contributed by atoms with Crippen molar-refractivity contribution in [2.24, 2.45) is 0 Å². The molecular formula is C13H13F2N5O. The normalized spacial score (nSPS) is 15.0. The van der Waals surface area contributed by atoms with Crippen molar-refractivity contribution >= 4 is 17.5 Å². The number of nitrogens with one attached hydrogen (secondary N) is 1. The first-order valence-corrected chi connectivity index (χ1v) is 6.47. The smallest absolute Gasteiger partial charge is 0.249 e. The maximum Gasteiger partial charge on any atom is 0.249 e. The van der Waals surface area contributed by atoms with Crippen LogP contribution < -0.4 is 10.2 Å². The molecule has 1 aromatic carbocycles. The van der Waals surface area contributed by atoms with Gasteiger partial charge in [0.1, 0.15) is 0 Å². The number of ether oxygens (including phenoxy) is 1. The molecule has 1 aliphatic heterocycles. The fourth-order valence-corrected chi connectivity index (χ4v) is 2.00. The van der Waals surface area contributed by atoms with E-state index in [0.717, 1.165) is 25.2 Å². The molecular weight excluding hydrogens is 280 g/mol. The summed E-state index contributed by atoms with van der Waals surface area (Å²) in [4.78, 5) is 6.34. The monoisotopic (exact) mass is 293 g/mol. The zero-order valence-corrected chi connectivity index (χ0v) is 11.1. The summed E-state index contributed by atoms with van der Waals surface area (Å²) in [6.45, 7) is 2.72. The van der Waals surface area contributed by atoms with E-state index >= 15 is 0 Å². The topological polar surface area (TPSA) is 63.2 Å². The van der Waals surface area contributed by atoms with Gasteiger partial charge in [0, 0.05) is 24.8 Å². The van der Waals surface area contributed by atoms with Crippen molar-refractivity contribution in [3.8, 4) is 0 Å². The van der Waals surface area contributed by atoms with Crippen LogP contribution >= 0.6 is 0 Å². The van der Waals surface area contributed by atoms with Crippen LogP contribution in [0.3, 0.4) is 0 Å². The zero-order valence-electron chi connectivity index (χ0n) is 11.1. The van der Waals surface area contributed by atoms with Gasteiger partial charge in [0.25, 0.3) is 0 Å². The summed E-state index contributed by atoms with van der Waals surface area (Å²) < 4.78 is 31.3. The summed E-state index contributed by atoms with van der Waals surface area (Å²) >= 11 is 0. The third-order valence-electron chi connectivity index (χ3n) is 3.06. The third-order valence-corrected chi connectivity index (χ3v) is 3.06. The van der Waals surface area contributed by atoms with Gasteiger partial charge in [0.05, 0.1) is 19.4 Å². The molecule has 0 saturated carbocycles. The Kier molecular flexibility index (Phi) is 3.87. The molecule has 0 radical (unpaired) electrons. The summed E-state index contributed by atoms with van der Waals surface area (Å²) in [5, 5.41) is 10.5. The Bertz CT molecular complexity index is 634. The molecule has 110 valence electrons. The van der Waals surface area contributed by atoms with Crippen LogP contribution in [0.25, 0.3) is 0 Å². The van der Waals surface area contributed by atoms with Crippen molar-refractivity contribution < 1.29 is 13.5 Å². The lowest BCUT2D eigenvalue weighted by molar-refractivity contribution is 0.122. The van der Waals surface area contributed by atoms with Gasteiger partial charge in [-0.3, -0.25) is 0 Å². The Balaban J connectivity index is 1.77. The number of morpholine rings is 1. The highest BCUT2D eigenvalue weighted by atomic mass is 19.2. The Morgan fingerprint density at radius 2 is 1.95 bits per heavy atom. The van der Waals surface area contributed by atoms with E-state index in [1.165, 1.54) is 6.07 Å². The van der Waals surface area contributed by atoms with Gasteiger partial charge in [-0.15, -0.1) is 5.10 Å². The minimum Gasteiger partial charge on any atom is -0.378 e. The van der Waals surface area contributed by atoms with Gasteiger partial charge in [0.15, 0.2) is 17.5 Å². The summed E-state index contributed by atoms with van der Waals surface area (Å²) in [5.41, 5.74) is 0.356. The standard InChI is InChI=1S/C13H13F2N5O/c14-10-2-1-9(7-11(10)15)17-13-18-12(8-16-19-13)20-3-5-21-6-4-20/h1-2,7-8H,3-6H2,(H,17,18,19). The lowest BCUT2D eigenvalue weighted by Crippen LogP contribution is -2.36. The lowest BCUT2D eigenvalue weighted by Gasteiger charge is -2.27. The van der Waals surface area contributed by atoms with Crippen LogP contribution in [0, 0.1) is 11.6 Å². The van der Waals surface area contributed by atoms with Gasteiger partial charge in [-0.1, -0.05) is 0 Å². The largest absolute Gasteiger partial charge is 0.378 e. The molecule has 0 amide bonds. The molecule has 0 aliphatic carbocycles. The SMILES string of the molecule is Fc1ccc(Nc2nncc(N3CCOCC3)n2)cc1F. The highest BCUT2D eigenvalue weighted by molar-refractivity contribution is 5.54. The lowest BCUT2D eigenvalue weighted by atomic mass is 10.3. The van der Waals surface area contributed by atoms with Crippen molar-refractivity contribution in [2.75, 3.05) is 36.5 Å². The summed E-state index contributed by atoms with van der Waals surface area (Å²) in [5.74, 6) is -0.942. The quantitative estimate of drug-likeness (QED) is 0.930. The fourth-order valence-electron chi connectivity index (χ4n) is 2.00. The number of hydrogen-bond acceptors (Lipinski definition) is 6. The van der Waals surface area contributed by atoms with Gasteiger partial charge in [-0.05, 0) is 12.1 Å². The summed E-state index contributed by atoms with van der Waals surface area (Å²) in [7, 11) is 0. The van der Waals surface area contributed by atoms with Crippen LogP contribution in [0.5, 0.6) is 0 Å². The summed E-state index contributed by atoms with van der Waals surface area (Å²) in [6.07, 6.45) is 1.56. The van der Waals surface area contributed by atoms with Gasteiger partial charge >= 0.3 is 0 Å². The molecule has 1 N–H and O–H groups in total. The Morgan fingerprint density at radius 3 is 2.71 bits per heavy atom. The van der Waals surface area contributed by atoms with E-state index < -0.39 is 11.6 Å². The maximum absolute atomic E-state index is 13.2. The molecule has 1 aliphatic rings. The van der Waals surface area contributed by atoms with E-state index in [9.17, 15) is 8.78 Å². The first-order valence-electron chi connectivity index (χ1n) is 6.47. The van der Waals surface area contributed by atoms with Gasteiger partial charge in [-0.2, -0.15) is 10.1 Å². The van der Waals surface area contributed by atoms with Crippen LogP contribution in [-0.2, 0) is 4.74 Å². The van der Waals surface area contributed by atoms with Gasteiger partial charge < -0.3 is 15.0 Å². The fraction of sp³-hybridized carbons (Fsp3) is 0.308. The Morgan fingerprint density at radius 1 is 1.14 bits per heavy atom. The number of halogens is 2. The number of hydrogen-bond donors (Lipinski definition) is 1. The molecule has 1 saturated heterocycles. The van der Waals surface area contributed by atoms with Gasteiger partial charge in [0.2, 0.25) is 5.95 Å². The first-order chi connectivity index (χ1) is 10.2. The molecule has 0 atom stereocenters. The number of rotatable bonds is 3. The summed E-state index contributed by atoms with van der Waals surface area (Å²) in [6, 6.07) is 3.49. The minimum absolute atomic E-state index is 0.227. The number of anilines is 3. The first kappa shape index (κ1) is 13.6.